The Morgan fingerprint density at radius 1 is 1.80 bits per heavy atom. The quantitative estimate of drug-likeness (QED) is 0.473. The van der Waals surface area contributed by atoms with Gasteiger partial charge in [-0.25, -0.2) is 0 Å². The highest BCUT2D eigenvalue weighted by molar-refractivity contribution is 5.79. The van der Waals surface area contributed by atoms with Crippen molar-refractivity contribution < 1.29 is 9.90 Å². The lowest BCUT2D eigenvalue weighted by atomic mass is 10.0. The van der Waals surface area contributed by atoms with Gasteiger partial charge in [-0.3, -0.25) is 4.79 Å². The molecule has 0 aromatic carbocycles. The lowest BCUT2D eigenvalue weighted by molar-refractivity contribution is -0.132. The van der Waals surface area contributed by atoms with E-state index in [9.17, 15) is 9.90 Å². The molecule has 1 unspecified atom stereocenters. The molecule has 1 aliphatic heterocycles. The van der Waals surface area contributed by atoms with Crippen molar-refractivity contribution in [3.8, 4) is 0 Å². The lowest BCUT2D eigenvalue weighted by Gasteiger charge is -2.27. The first-order valence-corrected chi connectivity index (χ1v) is 3.21. The van der Waals surface area contributed by atoms with Gasteiger partial charge in [-0.2, -0.15) is 0 Å². The van der Waals surface area contributed by atoms with Crippen molar-refractivity contribution >= 4 is 5.91 Å². The predicted octanol–water partition coefficient (Wildman–Crippen LogP) is -0.234. The number of hydrogen-bond donors (Lipinski definition) is 1. The van der Waals surface area contributed by atoms with E-state index in [2.05, 4.69) is 6.58 Å². The molecule has 0 bridgehead atoms. The SMILES string of the molecule is C=C1CC(=O)N(C)CC1O. The van der Waals surface area contributed by atoms with E-state index in [4.69, 9.17) is 0 Å². The van der Waals surface area contributed by atoms with E-state index < -0.39 is 6.10 Å². The summed E-state index contributed by atoms with van der Waals surface area (Å²) in [4.78, 5) is 12.4. The maximum Gasteiger partial charge on any atom is 0.226 e. The van der Waals surface area contributed by atoms with Crippen LogP contribution in [0.5, 0.6) is 0 Å². The fourth-order valence-electron chi connectivity index (χ4n) is 0.937. The molecule has 0 spiro atoms. The van der Waals surface area contributed by atoms with Crippen LogP contribution in [-0.2, 0) is 4.79 Å². The molecule has 0 radical (unpaired) electrons. The lowest BCUT2D eigenvalue weighted by Crippen LogP contribution is -2.40. The number of carbonyl (C=O) groups excluding carboxylic acids is 1. The van der Waals surface area contributed by atoms with Gasteiger partial charge in [0.05, 0.1) is 19.1 Å². The Morgan fingerprint density at radius 2 is 2.40 bits per heavy atom. The number of β-amino-alcohol motifs (C(OH)–C–C–N with tert-alkyl or cyclic N) is 1. The van der Waals surface area contributed by atoms with E-state index in [1.165, 1.54) is 4.90 Å². The Bertz CT molecular complexity index is 158. The van der Waals surface area contributed by atoms with Crippen molar-refractivity contribution in [3.05, 3.63) is 12.2 Å². The van der Waals surface area contributed by atoms with Gasteiger partial charge >= 0.3 is 0 Å². The van der Waals surface area contributed by atoms with Crippen LogP contribution >= 0.6 is 0 Å². The summed E-state index contributed by atoms with van der Waals surface area (Å²) in [5.74, 6) is 0.0373. The smallest absolute Gasteiger partial charge is 0.226 e. The highest BCUT2D eigenvalue weighted by atomic mass is 16.3. The number of carbonyl (C=O) groups is 1. The molecule has 1 fully saturated rings. The Morgan fingerprint density at radius 3 is 2.90 bits per heavy atom. The van der Waals surface area contributed by atoms with Gasteiger partial charge < -0.3 is 10.0 Å². The van der Waals surface area contributed by atoms with Crippen LogP contribution in [0.4, 0.5) is 0 Å². The normalized spacial score (nSPS) is 27.4. The molecule has 1 N–H and O–H groups in total. The predicted molar refractivity (Wildman–Crippen MR) is 37.4 cm³/mol. The molecular weight excluding hydrogens is 130 g/mol. The van der Waals surface area contributed by atoms with Gasteiger partial charge in [-0.05, 0) is 5.57 Å². The van der Waals surface area contributed by atoms with Crippen LogP contribution in [0.15, 0.2) is 12.2 Å². The Labute approximate surface area is 59.9 Å². The summed E-state index contributed by atoms with van der Waals surface area (Å²) in [6, 6.07) is 0. The molecule has 1 saturated heterocycles. The van der Waals surface area contributed by atoms with Gasteiger partial charge in [0, 0.05) is 7.05 Å². The maximum absolute atomic E-state index is 10.9. The second-order valence-corrected chi connectivity index (χ2v) is 2.63. The summed E-state index contributed by atoms with van der Waals surface area (Å²) in [6.07, 6.45) is -0.236. The fourth-order valence-corrected chi connectivity index (χ4v) is 0.937. The molecule has 0 aromatic heterocycles. The van der Waals surface area contributed by atoms with Crippen molar-refractivity contribution in [2.45, 2.75) is 12.5 Å². The van der Waals surface area contributed by atoms with Crippen molar-refractivity contribution in [2.24, 2.45) is 0 Å². The zero-order chi connectivity index (χ0) is 7.72. The van der Waals surface area contributed by atoms with Gasteiger partial charge in [0.25, 0.3) is 0 Å². The van der Waals surface area contributed by atoms with E-state index >= 15 is 0 Å². The third-order valence-corrected chi connectivity index (χ3v) is 1.72. The number of hydrogen-bond acceptors (Lipinski definition) is 2. The van der Waals surface area contributed by atoms with E-state index in [0.29, 0.717) is 12.1 Å². The van der Waals surface area contributed by atoms with E-state index in [1.54, 1.807) is 7.05 Å². The molecular formula is C7H11NO2. The topological polar surface area (TPSA) is 40.5 Å². The van der Waals surface area contributed by atoms with Crippen LogP contribution < -0.4 is 0 Å². The number of piperidine rings is 1. The summed E-state index contributed by atoms with van der Waals surface area (Å²) in [5, 5.41) is 9.17. The maximum atomic E-state index is 10.9. The van der Waals surface area contributed by atoms with Crippen molar-refractivity contribution in [1.29, 1.82) is 0 Å². The van der Waals surface area contributed by atoms with Crippen LogP contribution in [0.3, 0.4) is 0 Å². The minimum atomic E-state index is -0.525. The van der Waals surface area contributed by atoms with Crippen LogP contribution in [0.2, 0.25) is 0 Å². The molecule has 1 aliphatic rings. The zero-order valence-electron chi connectivity index (χ0n) is 6.00. The summed E-state index contributed by atoms with van der Waals surface area (Å²) < 4.78 is 0. The van der Waals surface area contributed by atoms with Gasteiger partial charge in [-0.15, -0.1) is 0 Å². The van der Waals surface area contributed by atoms with Crippen LogP contribution in [0.1, 0.15) is 6.42 Å². The van der Waals surface area contributed by atoms with Crippen molar-refractivity contribution in [2.75, 3.05) is 13.6 Å². The summed E-state index contributed by atoms with van der Waals surface area (Å²) >= 11 is 0. The first-order valence-electron chi connectivity index (χ1n) is 3.21. The van der Waals surface area contributed by atoms with E-state index in [1.807, 2.05) is 0 Å². The summed E-state index contributed by atoms with van der Waals surface area (Å²) in [7, 11) is 1.68. The molecule has 1 rings (SSSR count). The molecule has 1 heterocycles. The van der Waals surface area contributed by atoms with Crippen LogP contribution in [-0.4, -0.2) is 35.6 Å². The Kier molecular flexibility index (Phi) is 1.76. The molecule has 0 aromatic rings. The number of likely N-dealkylation sites (N-methyl/N-ethyl adjacent to an activating group) is 1. The molecule has 56 valence electrons. The van der Waals surface area contributed by atoms with Gasteiger partial charge in [0.2, 0.25) is 5.91 Å². The summed E-state index contributed by atoms with van der Waals surface area (Å²) in [6.45, 7) is 3.97. The molecule has 1 atom stereocenters. The molecule has 1 amide bonds. The van der Waals surface area contributed by atoms with Gasteiger partial charge in [0.1, 0.15) is 0 Å². The molecule has 3 nitrogen and oxygen atoms in total. The minimum Gasteiger partial charge on any atom is -0.387 e. The standard InChI is InChI=1S/C7H11NO2/c1-5-3-7(10)8(2)4-6(5)9/h6,9H,1,3-4H2,2H3. The highest BCUT2D eigenvalue weighted by Gasteiger charge is 2.23. The molecule has 3 heteroatoms. The second kappa shape index (κ2) is 2.42. The zero-order valence-corrected chi connectivity index (χ0v) is 6.00. The average Bonchev–Trinajstić information content (AvgIpc) is 1.84. The summed E-state index contributed by atoms with van der Waals surface area (Å²) in [5.41, 5.74) is 0.628. The molecule has 10 heavy (non-hydrogen) atoms. The first kappa shape index (κ1) is 7.28. The number of aliphatic hydroxyl groups is 1. The monoisotopic (exact) mass is 141 g/mol. The number of likely N-dealkylation sites (tertiary alicyclic amines) is 1. The molecule has 0 saturated carbocycles. The highest BCUT2D eigenvalue weighted by Crippen LogP contribution is 2.13. The van der Waals surface area contributed by atoms with Crippen LogP contribution in [0, 0.1) is 0 Å². The molecule has 0 aliphatic carbocycles. The third-order valence-electron chi connectivity index (χ3n) is 1.72. The Hall–Kier alpha value is -0.830. The second-order valence-electron chi connectivity index (χ2n) is 2.63. The minimum absolute atomic E-state index is 0.0373. The third kappa shape index (κ3) is 1.19. The van der Waals surface area contributed by atoms with Gasteiger partial charge in [0.15, 0.2) is 0 Å². The number of rotatable bonds is 0. The number of nitrogens with zero attached hydrogens (tertiary/aromatic N) is 1. The van der Waals surface area contributed by atoms with Crippen molar-refractivity contribution in [1.82, 2.24) is 4.90 Å². The van der Waals surface area contributed by atoms with E-state index in [-0.39, 0.29) is 12.3 Å². The number of amides is 1. The largest absolute Gasteiger partial charge is 0.387 e. The Balaban J connectivity index is 2.63. The van der Waals surface area contributed by atoms with Gasteiger partial charge in [-0.1, -0.05) is 6.58 Å². The van der Waals surface area contributed by atoms with Crippen LogP contribution in [0.25, 0.3) is 0 Å². The average molecular weight is 141 g/mol. The van der Waals surface area contributed by atoms with Crippen molar-refractivity contribution in [3.63, 3.8) is 0 Å². The van der Waals surface area contributed by atoms with E-state index in [0.717, 1.165) is 0 Å². The fraction of sp³-hybridized carbons (Fsp3) is 0.571. The first-order chi connectivity index (χ1) is 4.61. The number of aliphatic hydroxyl groups excluding tert-OH is 1.